The van der Waals surface area contributed by atoms with Crippen LogP contribution in [-0.2, 0) is 9.47 Å². The van der Waals surface area contributed by atoms with E-state index in [1.165, 1.54) is 0 Å². The van der Waals surface area contributed by atoms with Crippen molar-refractivity contribution in [3.63, 3.8) is 0 Å². The zero-order chi connectivity index (χ0) is 16.4. The zero-order valence-electron chi connectivity index (χ0n) is 14.3. The number of amides is 1. The van der Waals surface area contributed by atoms with Crippen LogP contribution in [-0.4, -0.2) is 56.6 Å². The summed E-state index contributed by atoms with van der Waals surface area (Å²) in [5.41, 5.74) is -0.457. The molecule has 3 N–H and O–H groups in total. The summed E-state index contributed by atoms with van der Waals surface area (Å²) in [7, 11) is 0. The Balaban J connectivity index is 2.04. The van der Waals surface area contributed by atoms with E-state index in [9.17, 15) is 4.79 Å². The van der Waals surface area contributed by atoms with E-state index in [1.54, 1.807) is 0 Å². The van der Waals surface area contributed by atoms with Gasteiger partial charge in [0, 0.05) is 31.7 Å². The fourth-order valence-corrected chi connectivity index (χ4v) is 2.17. The van der Waals surface area contributed by atoms with E-state index < -0.39 is 5.60 Å². The Labute approximate surface area is 134 Å². The lowest BCUT2D eigenvalue weighted by Crippen LogP contribution is -2.45. The van der Waals surface area contributed by atoms with Gasteiger partial charge in [0.15, 0.2) is 0 Å². The number of rotatable bonds is 7. The van der Waals surface area contributed by atoms with Gasteiger partial charge < -0.3 is 25.4 Å². The van der Waals surface area contributed by atoms with Crippen molar-refractivity contribution in [3.8, 4) is 0 Å². The molecule has 1 saturated heterocycles. The van der Waals surface area contributed by atoms with Crippen LogP contribution in [0.5, 0.6) is 0 Å². The van der Waals surface area contributed by atoms with Crippen LogP contribution < -0.4 is 16.0 Å². The molecule has 0 aromatic heterocycles. The second kappa shape index (κ2) is 9.82. The molecule has 6 heteroatoms. The number of hydrogen-bond donors (Lipinski definition) is 3. The topological polar surface area (TPSA) is 71.6 Å². The first-order valence-electron chi connectivity index (χ1n) is 8.03. The molecule has 2 unspecified atom stereocenters. The van der Waals surface area contributed by atoms with Crippen molar-refractivity contribution in [2.24, 2.45) is 0 Å². The van der Waals surface area contributed by atoms with E-state index in [1.807, 2.05) is 32.9 Å². The molecule has 0 saturated carbocycles. The summed E-state index contributed by atoms with van der Waals surface area (Å²) >= 11 is 0. The fraction of sp³-hybridized carbons (Fsp3) is 0.812. The van der Waals surface area contributed by atoms with Gasteiger partial charge in [-0.3, -0.25) is 0 Å². The average molecular weight is 313 g/mol. The standard InChI is InChI=1S/C16H31N3O3/c1-13(11-14-12-21-10-9-18-14)17-7-5-6-8-19-15(20)22-16(2,3)4/h5-6,13-14,17-18H,7-12H2,1-4H3,(H,19,20)/b6-5+. The summed E-state index contributed by atoms with van der Waals surface area (Å²) in [5.74, 6) is 0. The summed E-state index contributed by atoms with van der Waals surface area (Å²) in [4.78, 5) is 11.4. The molecule has 2 atom stereocenters. The van der Waals surface area contributed by atoms with E-state index in [0.717, 1.165) is 32.7 Å². The molecule has 0 aromatic rings. The number of carbonyl (C=O) groups excluding carboxylic acids is 1. The third-order valence-corrected chi connectivity index (χ3v) is 3.15. The van der Waals surface area contributed by atoms with Crippen LogP contribution in [0, 0.1) is 0 Å². The van der Waals surface area contributed by atoms with Crippen LogP contribution in [0.3, 0.4) is 0 Å². The second-order valence-electron chi connectivity index (χ2n) is 6.63. The summed E-state index contributed by atoms with van der Waals surface area (Å²) in [6, 6.07) is 0.858. The summed E-state index contributed by atoms with van der Waals surface area (Å²) < 4.78 is 10.6. The zero-order valence-corrected chi connectivity index (χ0v) is 14.3. The van der Waals surface area contributed by atoms with Crippen molar-refractivity contribution in [1.82, 2.24) is 16.0 Å². The van der Waals surface area contributed by atoms with Gasteiger partial charge in [0.1, 0.15) is 5.60 Å². The first kappa shape index (κ1) is 18.9. The van der Waals surface area contributed by atoms with Crippen LogP contribution in [0.1, 0.15) is 34.1 Å². The number of ether oxygens (including phenoxy) is 2. The van der Waals surface area contributed by atoms with Crippen LogP contribution in [0.2, 0.25) is 0 Å². The molecule has 0 spiro atoms. The highest BCUT2D eigenvalue weighted by Gasteiger charge is 2.16. The van der Waals surface area contributed by atoms with Gasteiger partial charge in [-0.25, -0.2) is 4.79 Å². The molecule has 1 heterocycles. The lowest BCUT2D eigenvalue weighted by atomic mass is 10.1. The Morgan fingerprint density at radius 2 is 2.14 bits per heavy atom. The minimum Gasteiger partial charge on any atom is -0.444 e. The third kappa shape index (κ3) is 9.76. The maximum Gasteiger partial charge on any atom is 0.407 e. The number of morpholine rings is 1. The molecule has 1 amide bonds. The molecule has 1 aliphatic rings. The minimum absolute atomic E-state index is 0.387. The Morgan fingerprint density at radius 1 is 1.41 bits per heavy atom. The van der Waals surface area contributed by atoms with E-state index in [-0.39, 0.29) is 6.09 Å². The van der Waals surface area contributed by atoms with E-state index in [4.69, 9.17) is 9.47 Å². The van der Waals surface area contributed by atoms with E-state index in [0.29, 0.717) is 18.6 Å². The smallest absolute Gasteiger partial charge is 0.407 e. The van der Waals surface area contributed by atoms with Crippen molar-refractivity contribution in [1.29, 1.82) is 0 Å². The van der Waals surface area contributed by atoms with Crippen molar-refractivity contribution in [2.45, 2.75) is 51.8 Å². The number of nitrogens with one attached hydrogen (secondary N) is 3. The van der Waals surface area contributed by atoms with E-state index in [2.05, 4.69) is 22.9 Å². The van der Waals surface area contributed by atoms with Gasteiger partial charge in [0.25, 0.3) is 0 Å². The van der Waals surface area contributed by atoms with Crippen molar-refractivity contribution >= 4 is 6.09 Å². The first-order valence-corrected chi connectivity index (χ1v) is 8.03. The molecular formula is C16H31N3O3. The highest BCUT2D eigenvalue weighted by Crippen LogP contribution is 2.06. The molecule has 0 bridgehead atoms. The molecule has 0 aliphatic carbocycles. The largest absolute Gasteiger partial charge is 0.444 e. The van der Waals surface area contributed by atoms with Crippen LogP contribution in [0.4, 0.5) is 4.79 Å². The van der Waals surface area contributed by atoms with E-state index >= 15 is 0 Å². The summed E-state index contributed by atoms with van der Waals surface area (Å²) in [5, 5.41) is 9.57. The molecule has 1 aliphatic heterocycles. The Hall–Kier alpha value is -1.11. The quantitative estimate of drug-likeness (QED) is 0.620. The number of alkyl carbamates (subject to hydrolysis) is 1. The van der Waals surface area contributed by atoms with Gasteiger partial charge in [-0.15, -0.1) is 0 Å². The highest BCUT2D eigenvalue weighted by atomic mass is 16.6. The van der Waals surface area contributed by atoms with Gasteiger partial charge in [-0.05, 0) is 34.1 Å². The normalized spacial score (nSPS) is 20.8. The van der Waals surface area contributed by atoms with Gasteiger partial charge >= 0.3 is 6.09 Å². The lowest BCUT2D eigenvalue weighted by Gasteiger charge is -2.26. The SMILES string of the molecule is CC(CC1COCCN1)NC/C=C/CNC(=O)OC(C)(C)C. The van der Waals surface area contributed by atoms with Gasteiger partial charge in [0.05, 0.1) is 13.2 Å². The van der Waals surface area contributed by atoms with Crippen molar-refractivity contribution in [3.05, 3.63) is 12.2 Å². The molecule has 0 aromatic carbocycles. The number of carbonyl (C=O) groups is 1. The molecule has 6 nitrogen and oxygen atoms in total. The molecule has 1 fully saturated rings. The fourth-order valence-electron chi connectivity index (χ4n) is 2.17. The molecule has 128 valence electrons. The maximum atomic E-state index is 11.4. The first-order chi connectivity index (χ1) is 10.4. The minimum atomic E-state index is -0.457. The average Bonchev–Trinajstić information content (AvgIpc) is 2.42. The predicted octanol–water partition coefficient (Wildman–Crippen LogP) is 1.42. The predicted molar refractivity (Wildman–Crippen MR) is 88.1 cm³/mol. The summed E-state index contributed by atoms with van der Waals surface area (Å²) in [6.07, 6.45) is 4.59. The van der Waals surface area contributed by atoms with Crippen LogP contribution >= 0.6 is 0 Å². The Morgan fingerprint density at radius 3 is 2.77 bits per heavy atom. The van der Waals surface area contributed by atoms with Gasteiger partial charge in [0.2, 0.25) is 0 Å². The molecule has 0 radical (unpaired) electrons. The van der Waals surface area contributed by atoms with Gasteiger partial charge in [-0.2, -0.15) is 0 Å². The lowest BCUT2D eigenvalue weighted by molar-refractivity contribution is 0.0534. The van der Waals surface area contributed by atoms with Crippen molar-refractivity contribution < 1.29 is 14.3 Å². The maximum absolute atomic E-state index is 11.4. The van der Waals surface area contributed by atoms with Crippen LogP contribution in [0.25, 0.3) is 0 Å². The summed E-state index contributed by atoms with van der Waals surface area (Å²) in [6.45, 7) is 11.5. The number of hydrogen-bond acceptors (Lipinski definition) is 5. The third-order valence-electron chi connectivity index (χ3n) is 3.15. The molecular weight excluding hydrogens is 282 g/mol. The van der Waals surface area contributed by atoms with Crippen LogP contribution in [0.15, 0.2) is 12.2 Å². The van der Waals surface area contributed by atoms with Crippen molar-refractivity contribution in [2.75, 3.05) is 32.8 Å². The molecule has 1 rings (SSSR count). The molecule has 22 heavy (non-hydrogen) atoms. The monoisotopic (exact) mass is 313 g/mol. The van der Waals surface area contributed by atoms with Gasteiger partial charge in [-0.1, -0.05) is 12.2 Å². The second-order valence-corrected chi connectivity index (χ2v) is 6.63. The highest BCUT2D eigenvalue weighted by molar-refractivity contribution is 5.67. The Kier molecular flexibility index (Phi) is 8.45. The Bertz CT molecular complexity index is 347.